The van der Waals surface area contributed by atoms with Crippen LogP contribution in [0.3, 0.4) is 0 Å². The topological polar surface area (TPSA) is 17.1 Å². The van der Waals surface area contributed by atoms with Gasteiger partial charge in [-0.15, -0.1) is 11.6 Å². The van der Waals surface area contributed by atoms with Crippen molar-refractivity contribution in [3.8, 4) is 0 Å². The molecule has 0 N–H and O–H groups in total. The normalized spacial score (nSPS) is 12.4. The van der Waals surface area contributed by atoms with E-state index >= 15 is 0 Å². The van der Waals surface area contributed by atoms with Gasteiger partial charge >= 0.3 is 0 Å². The van der Waals surface area contributed by atoms with Crippen molar-refractivity contribution in [2.45, 2.75) is 19.8 Å². The number of Topliss-reactive ketones (excluding diaryl/α,β-unsaturated/α-hetero) is 1. The summed E-state index contributed by atoms with van der Waals surface area (Å²) in [4.78, 5) is 11.3. The first kappa shape index (κ1) is 11.3. The van der Waals surface area contributed by atoms with Gasteiger partial charge in [0.05, 0.1) is 0 Å². The van der Waals surface area contributed by atoms with Crippen LogP contribution in [-0.2, 0) is 11.2 Å². The standard InChI is InChI=1S/C12H15ClO/c1-10(14)12(7-8-13)9-11-5-3-2-4-6-11/h2-6,12H,7-9H2,1H3. The van der Waals surface area contributed by atoms with E-state index in [1.807, 2.05) is 30.3 Å². The number of alkyl halides is 1. The van der Waals surface area contributed by atoms with E-state index in [0.29, 0.717) is 5.88 Å². The Morgan fingerprint density at radius 1 is 1.36 bits per heavy atom. The second-order valence-electron chi connectivity index (χ2n) is 3.47. The Morgan fingerprint density at radius 3 is 2.50 bits per heavy atom. The van der Waals surface area contributed by atoms with Crippen molar-refractivity contribution in [2.75, 3.05) is 5.88 Å². The molecule has 0 spiro atoms. The van der Waals surface area contributed by atoms with Gasteiger partial charge in [0.15, 0.2) is 0 Å². The summed E-state index contributed by atoms with van der Waals surface area (Å²) in [6.07, 6.45) is 1.58. The minimum atomic E-state index is 0.0786. The molecule has 1 aromatic rings. The molecule has 0 fully saturated rings. The molecule has 0 bridgehead atoms. The van der Waals surface area contributed by atoms with Gasteiger partial charge in [-0.05, 0) is 25.3 Å². The van der Waals surface area contributed by atoms with Crippen LogP contribution in [0.1, 0.15) is 18.9 Å². The molecule has 0 aliphatic carbocycles. The number of benzene rings is 1. The first-order chi connectivity index (χ1) is 6.74. The number of ketones is 1. The molecule has 0 heterocycles. The van der Waals surface area contributed by atoms with Crippen LogP contribution in [0.5, 0.6) is 0 Å². The van der Waals surface area contributed by atoms with E-state index in [9.17, 15) is 4.79 Å². The van der Waals surface area contributed by atoms with E-state index in [2.05, 4.69) is 0 Å². The fraction of sp³-hybridized carbons (Fsp3) is 0.417. The highest BCUT2D eigenvalue weighted by Gasteiger charge is 2.13. The van der Waals surface area contributed by atoms with Gasteiger partial charge in [-0.3, -0.25) is 4.79 Å². The molecule has 14 heavy (non-hydrogen) atoms. The van der Waals surface area contributed by atoms with Crippen LogP contribution in [0, 0.1) is 5.92 Å². The van der Waals surface area contributed by atoms with Crippen LogP contribution in [0.2, 0.25) is 0 Å². The molecular formula is C12H15ClO. The zero-order chi connectivity index (χ0) is 10.4. The highest BCUT2D eigenvalue weighted by Crippen LogP contribution is 2.13. The molecule has 0 aliphatic heterocycles. The quantitative estimate of drug-likeness (QED) is 0.683. The second kappa shape index (κ2) is 5.82. The van der Waals surface area contributed by atoms with Gasteiger partial charge in [0.2, 0.25) is 0 Å². The van der Waals surface area contributed by atoms with Gasteiger partial charge in [-0.25, -0.2) is 0 Å². The number of halogens is 1. The van der Waals surface area contributed by atoms with E-state index in [1.54, 1.807) is 6.92 Å². The van der Waals surface area contributed by atoms with Gasteiger partial charge in [0, 0.05) is 11.8 Å². The molecule has 0 aromatic heterocycles. The van der Waals surface area contributed by atoms with E-state index in [-0.39, 0.29) is 11.7 Å². The molecule has 0 amide bonds. The fourth-order valence-corrected chi connectivity index (χ4v) is 1.74. The third-order valence-corrected chi connectivity index (χ3v) is 2.58. The minimum absolute atomic E-state index is 0.0786. The van der Waals surface area contributed by atoms with Crippen LogP contribution in [0.25, 0.3) is 0 Å². The third kappa shape index (κ3) is 3.51. The SMILES string of the molecule is CC(=O)C(CCCl)Cc1ccccc1. The molecule has 1 atom stereocenters. The average molecular weight is 211 g/mol. The van der Waals surface area contributed by atoms with Gasteiger partial charge in [0.25, 0.3) is 0 Å². The van der Waals surface area contributed by atoms with E-state index < -0.39 is 0 Å². The summed E-state index contributed by atoms with van der Waals surface area (Å²) in [5.74, 6) is 0.862. The van der Waals surface area contributed by atoms with Gasteiger partial charge in [-0.1, -0.05) is 30.3 Å². The lowest BCUT2D eigenvalue weighted by molar-refractivity contribution is -0.120. The lowest BCUT2D eigenvalue weighted by Gasteiger charge is -2.11. The predicted octanol–water partition coefficient (Wildman–Crippen LogP) is 3.06. The molecule has 0 aliphatic rings. The highest BCUT2D eigenvalue weighted by atomic mass is 35.5. The lowest BCUT2D eigenvalue weighted by atomic mass is 9.94. The van der Waals surface area contributed by atoms with Gasteiger partial charge < -0.3 is 0 Å². The van der Waals surface area contributed by atoms with E-state index in [1.165, 1.54) is 5.56 Å². The molecule has 0 radical (unpaired) electrons. The van der Waals surface area contributed by atoms with Crippen molar-refractivity contribution in [1.29, 1.82) is 0 Å². The maximum Gasteiger partial charge on any atom is 0.133 e. The summed E-state index contributed by atoms with van der Waals surface area (Å²) in [6.45, 7) is 1.64. The molecule has 1 aromatic carbocycles. The predicted molar refractivity (Wildman–Crippen MR) is 59.7 cm³/mol. The Hall–Kier alpha value is -0.820. The Bertz CT molecular complexity index is 282. The molecule has 0 saturated heterocycles. The van der Waals surface area contributed by atoms with Crippen LogP contribution in [-0.4, -0.2) is 11.7 Å². The smallest absolute Gasteiger partial charge is 0.133 e. The molecule has 2 heteroatoms. The second-order valence-corrected chi connectivity index (χ2v) is 3.85. The summed E-state index contributed by atoms with van der Waals surface area (Å²) in [5, 5.41) is 0. The summed E-state index contributed by atoms with van der Waals surface area (Å²) in [6, 6.07) is 10.1. The molecule has 1 nitrogen and oxygen atoms in total. The molecule has 1 unspecified atom stereocenters. The van der Waals surface area contributed by atoms with Crippen molar-refractivity contribution in [1.82, 2.24) is 0 Å². The monoisotopic (exact) mass is 210 g/mol. The van der Waals surface area contributed by atoms with Crippen molar-refractivity contribution in [3.05, 3.63) is 35.9 Å². The molecule has 76 valence electrons. The van der Waals surface area contributed by atoms with Crippen molar-refractivity contribution >= 4 is 17.4 Å². The van der Waals surface area contributed by atoms with Crippen LogP contribution in [0.15, 0.2) is 30.3 Å². The average Bonchev–Trinajstić information content (AvgIpc) is 2.18. The number of carbonyl (C=O) groups is 1. The summed E-state index contributed by atoms with van der Waals surface area (Å²) in [5.41, 5.74) is 1.21. The van der Waals surface area contributed by atoms with Gasteiger partial charge in [0.1, 0.15) is 5.78 Å². The number of rotatable bonds is 5. The fourth-order valence-electron chi connectivity index (χ4n) is 1.48. The van der Waals surface area contributed by atoms with Crippen LogP contribution < -0.4 is 0 Å². The summed E-state index contributed by atoms with van der Waals surface area (Å²) >= 11 is 5.65. The molecule has 0 saturated carbocycles. The highest BCUT2D eigenvalue weighted by molar-refractivity contribution is 6.18. The van der Waals surface area contributed by atoms with E-state index in [0.717, 1.165) is 12.8 Å². The van der Waals surface area contributed by atoms with Crippen LogP contribution >= 0.6 is 11.6 Å². The van der Waals surface area contributed by atoms with Crippen LogP contribution in [0.4, 0.5) is 0 Å². The zero-order valence-electron chi connectivity index (χ0n) is 8.37. The first-order valence-electron chi connectivity index (χ1n) is 4.84. The minimum Gasteiger partial charge on any atom is -0.300 e. The Balaban J connectivity index is 2.60. The summed E-state index contributed by atoms with van der Waals surface area (Å²) in [7, 11) is 0. The molecule has 1 rings (SSSR count). The number of hydrogen-bond donors (Lipinski definition) is 0. The van der Waals surface area contributed by atoms with E-state index in [4.69, 9.17) is 11.6 Å². The Labute approximate surface area is 90.1 Å². The Morgan fingerprint density at radius 2 is 2.00 bits per heavy atom. The van der Waals surface area contributed by atoms with Crippen molar-refractivity contribution < 1.29 is 4.79 Å². The maximum absolute atomic E-state index is 11.3. The summed E-state index contributed by atoms with van der Waals surface area (Å²) < 4.78 is 0. The lowest BCUT2D eigenvalue weighted by Crippen LogP contribution is -2.14. The third-order valence-electron chi connectivity index (χ3n) is 2.36. The van der Waals surface area contributed by atoms with Gasteiger partial charge in [-0.2, -0.15) is 0 Å². The number of hydrogen-bond acceptors (Lipinski definition) is 1. The van der Waals surface area contributed by atoms with Crippen molar-refractivity contribution in [2.24, 2.45) is 5.92 Å². The largest absolute Gasteiger partial charge is 0.300 e. The maximum atomic E-state index is 11.3. The van der Waals surface area contributed by atoms with Crippen molar-refractivity contribution in [3.63, 3.8) is 0 Å². The number of carbonyl (C=O) groups excluding carboxylic acids is 1. The molecular weight excluding hydrogens is 196 g/mol. The zero-order valence-corrected chi connectivity index (χ0v) is 9.13. The Kier molecular flexibility index (Phi) is 4.68. The first-order valence-corrected chi connectivity index (χ1v) is 5.38.